The molecule has 0 spiro atoms. The normalized spacial score (nSPS) is 22.9. The largest absolute Gasteiger partial charge is 0.448 e. The molecule has 0 aromatic carbocycles. The minimum Gasteiger partial charge on any atom is -0.448 e. The number of likely N-dealkylation sites (tertiary alicyclic amines) is 1. The predicted octanol–water partition coefficient (Wildman–Crippen LogP) is 1.77. The number of amides is 2. The molecule has 23 heavy (non-hydrogen) atoms. The molecule has 2 amide bonds. The van der Waals surface area contributed by atoms with Crippen molar-refractivity contribution >= 4 is 12.2 Å². The lowest BCUT2D eigenvalue weighted by Gasteiger charge is -2.38. The number of rotatable bonds is 4. The number of piperidine rings is 1. The fraction of sp³-hybridized carbons (Fsp3) is 0.875. The number of hydrogen-bond donors (Lipinski definition) is 0. The predicted molar refractivity (Wildman–Crippen MR) is 86.4 cm³/mol. The van der Waals surface area contributed by atoms with Gasteiger partial charge in [-0.3, -0.25) is 4.90 Å². The Labute approximate surface area is 138 Å². The molecule has 132 valence electrons. The third kappa shape index (κ3) is 5.27. The SMILES string of the molecule is CN(C(=O)OC(C)(C)C)[C@H]1CCCN(CCN2CCOC2=O)C1. The zero-order valence-corrected chi connectivity index (χ0v) is 14.7. The molecule has 0 unspecified atom stereocenters. The highest BCUT2D eigenvalue weighted by Crippen LogP contribution is 2.18. The Balaban J connectivity index is 1.80. The maximum Gasteiger partial charge on any atom is 0.410 e. The number of ether oxygens (including phenoxy) is 2. The Morgan fingerprint density at radius 1 is 1.35 bits per heavy atom. The summed E-state index contributed by atoms with van der Waals surface area (Å²) in [7, 11) is 1.81. The minimum atomic E-state index is -0.476. The van der Waals surface area contributed by atoms with Gasteiger partial charge in [-0.2, -0.15) is 0 Å². The van der Waals surface area contributed by atoms with Gasteiger partial charge >= 0.3 is 12.2 Å². The van der Waals surface area contributed by atoms with Crippen LogP contribution < -0.4 is 0 Å². The van der Waals surface area contributed by atoms with Crippen LogP contribution in [0.25, 0.3) is 0 Å². The van der Waals surface area contributed by atoms with Gasteiger partial charge in [0.25, 0.3) is 0 Å². The van der Waals surface area contributed by atoms with Crippen LogP contribution in [0.2, 0.25) is 0 Å². The van der Waals surface area contributed by atoms with Crippen LogP contribution in [-0.2, 0) is 9.47 Å². The van der Waals surface area contributed by atoms with Crippen molar-refractivity contribution in [2.45, 2.75) is 45.3 Å². The van der Waals surface area contributed by atoms with Crippen molar-refractivity contribution in [1.82, 2.24) is 14.7 Å². The Kier molecular flexibility index (Phi) is 5.73. The summed E-state index contributed by atoms with van der Waals surface area (Å²) in [4.78, 5) is 29.4. The van der Waals surface area contributed by atoms with Gasteiger partial charge in [0.05, 0.1) is 6.54 Å². The number of carbonyl (C=O) groups is 2. The Morgan fingerprint density at radius 3 is 2.70 bits per heavy atom. The second kappa shape index (κ2) is 7.38. The quantitative estimate of drug-likeness (QED) is 0.787. The summed E-state index contributed by atoms with van der Waals surface area (Å²) in [5.41, 5.74) is -0.476. The van der Waals surface area contributed by atoms with E-state index in [0.29, 0.717) is 19.7 Å². The van der Waals surface area contributed by atoms with Gasteiger partial charge in [0.15, 0.2) is 0 Å². The van der Waals surface area contributed by atoms with Gasteiger partial charge in [-0.1, -0.05) is 0 Å². The molecule has 0 aromatic rings. The second-order valence-corrected chi connectivity index (χ2v) is 7.29. The number of likely N-dealkylation sites (N-methyl/N-ethyl adjacent to an activating group) is 1. The van der Waals surface area contributed by atoms with Crippen LogP contribution in [0.15, 0.2) is 0 Å². The summed E-state index contributed by atoms with van der Waals surface area (Å²) in [6, 6.07) is 0.157. The van der Waals surface area contributed by atoms with Crippen molar-refractivity contribution in [2.75, 3.05) is 46.4 Å². The first-order valence-electron chi connectivity index (χ1n) is 8.36. The van der Waals surface area contributed by atoms with Crippen LogP contribution in [0.5, 0.6) is 0 Å². The van der Waals surface area contributed by atoms with E-state index in [-0.39, 0.29) is 18.2 Å². The topological polar surface area (TPSA) is 62.3 Å². The highest BCUT2D eigenvalue weighted by Gasteiger charge is 2.30. The van der Waals surface area contributed by atoms with Crippen molar-refractivity contribution in [2.24, 2.45) is 0 Å². The maximum absolute atomic E-state index is 12.2. The fourth-order valence-electron chi connectivity index (χ4n) is 2.92. The average Bonchev–Trinajstić information content (AvgIpc) is 2.88. The van der Waals surface area contributed by atoms with Gasteiger partial charge < -0.3 is 19.3 Å². The smallest absolute Gasteiger partial charge is 0.410 e. The van der Waals surface area contributed by atoms with E-state index in [0.717, 1.165) is 32.5 Å². The highest BCUT2D eigenvalue weighted by atomic mass is 16.6. The average molecular weight is 327 g/mol. The first-order chi connectivity index (χ1) is 10.8. The third-order valence-electron chi connectivity index (χ3n) is 4.24. The molecule has 0 aromatic heterocycles. The standard InChI is InChI=1S/C16H29N3O4/c1-16(2,3)23-14(20)17(4)13-6-5-7-18(12-13)8-9-19-10-11-22-15(19)21/h13H,5-12H2,1-4H3/t13-/m0/s1. The van der Waals surface area contributed by atoms with Crippen LogP contribution >= 0.6 is 0 Å². The summed E-state index contributed by atoms with van der Waals surface area (Å²) in [5, 5.41) is 0. The number of cyclic esters (lactones) is 1. The van der Waals surface area contributed by atoms with E-state index in [2.05, 4.69) is 4.90 Å². The molecule has 7 heteroatoms. The Hall–Kier alpha value is -1.50. The second-order valence-electron chi connectivity index (χ2n) is 7.29. The molecule has 2 saturated heterocycles. The van der Waals surface area contributed by atoms with Gasteiger partial charge in [-0.05, 0) is 40.2 Å². The van der Waals surface area contributed by atoms with E-state index in [1.54, 1.807) is 16.8 Å². The number of carbonyl (C=O) groups excluding carboxylic acids is 2. The van der Waals surface area contributed by atoms with Crippen molar-refractivity contribution in [3.63, 3.8) is 0 Å². The summed E-state index contributed by atoms with van der Waals surface area (Å²) in [6.07, 6.45) is 1.54. The molecule has 0 aliphatic carbocycles. The van der Waals surface area contributed by atoms with Crippen molar-refractivity contribution in [3.8, 4) is 0 Å². The van der Waals surface area contributed by atoms with Gasteiger partial charge in [-0.15, -0.1) is 0 Å². The zero-order valence-electron chi connectivity index (χ0n) is 14.7. The Bertz CT molecular complexity index is 436. The summed E-state index contributed by atoms with van der Waals surface area (Å²) in [5.74, 6) is 0. The molecule has 2 fully saturated rings. The summed E-state index contributed by atoms with van der Waals surface area (Å²) >= 11 is 0. The number of hydrogen-bond acceptors (Lipinski definition) is 5. The van der Waals surface area contributed by atoms with Gasteiger partial charge in [0, 0.05) is 32.7 Å². The van der Waals surface area contributed by atoms with E-state index in [9.17, 15) is 9.59 Å². The van der Waals surface area contributed by atoms with Crippen LogP contribution in [0, 0.1) is 0 Å². The molecule has 2 rings (SSSR count). The number of nitrogens with zero attached hydrogens (tertiary/aromatic N) is 3. The van der Waals surface area contributed by atoms with E-state index >= 15 is 0 Å². The lowest BCUT2D eigenvalue weighted by Crippen LogP contribution is -2.51. The van der Waals surface area contributed by atoms with Crippen molar-refractivity contribution in [3.05, 3.63) is 0 Å². The molecule has 1 atom stereocenters. The molecule has 2 aliphatic rings. The molecule has 0 radical (unpaired) electrons. The van der Waals surface area contributed by atoms with E-state index < -0.39 is 5.60 Å². The van der Waals surface area contributed by atoms with Crippen molar-refractivity contribution < 1.29 is 19.1 Å². The molecule has 7 nitrogen and oxygen atoms in total. The van der Waals surface area contributed by atoms with Crippen LogP contribution in [0.4, 0.5) is 9.59 Å². The minimum absolute atomic E-state index is 0.157. The molecular weight excluding hydrogens is 298 g/mol. The van der Waals surface area contributed by atoms with E-state index in [4.69, 9.17) is 9.47 Å². The molecule has 0 saturated carbocycles. The first-order valence-corrected chi connectivity index (χ1v) is 8.36. The summed E-state index contributed by atoms with van der Waals surface area (Å²) in [6.45, 7) is 10.1. The summed E-state index contributed by atoms with van der Waals surface area (Å²) < 4.78 is 10.4. The Morgan fingerprint density at radius 2 is 2.09 bits per heavy atom. The lowest BCUT2D eigenvalue weighted by atomic mass is 10.0. The van der Waals surface area contributed by atoms with Gasteiger partial charge in [0.2, 0.25) is 0 Å². The van der Waals surface area contributed by atoms with E-state index in [1.165, 1.54) is 0 Å². The van der Waals surface area contributed by atoms with Gasteiger partial charge in [-0.25, -0.2) is 9.59 Å². The third-order valence-corrected chi connectivity index (χ3v) is 4.24. The zero-order chi connectivity index (χ0) is 17.0. The maximum atomic E-state index is 12.2. The molecular formula is C16H29N3O4. The van der Waals surface area contributed by atoms with Crippen LogP contribution in [-0.4, -0.2) is 84.9 Å². The molecule has 0 bridgehead atoms. The lowest BCUT2D eigenvalue weighted by molar-refractivity contribution is 0.0132. The van der Waals surface area contributed by atoms with E-state index in [1.807, 2.05) is 20.8 Å². The van der Waals surface area contributed by atoms with Crippen molar-refractivity contribution in [1.29, 1.82) is 0 Å². The molecule has 2 heterocycles. The monoisotopic (exact) mass is 327 g/mol. The van der Waals surface area contributed by atoms with Crippen LogP contribution in [0.1, 0.15) is 33.6 Å². The fourth-order valence-corrected chi connectivity index (χ4v) is 2.92. The first kappa shape index (κ1) is 17.8. The highest BCUT2D eigenvalue weighted by molar-refractivity contribution is 5.69. The molecule has 2 aliphatic heterocycles. The van der Waals surface area contributed by atoms with Gasteiger partial charge in [0.1, 0.15) is 12.2 Å². The molecule has 0 N–H and O–H groups in total. The van der Waals surface area contributed by atoms with Crippen LogP contribution in [0.3, 0.4) is 0 Å².